The molecule has 2 aromatic heterocycles. The number of amides is 1. The summed E-state index contributed by atoms with van der Waals surface area (Å²) in [6, 6.07) is 6.94. The monoisotopic (exact) mass is 479 g/mol. The van der Waals surface area contributed by atoms with Gasteiger partial charge in [0, 0.05) is 18.3 Å². The number of imidazole rings is 1. The van der Waals surface area contributed by atoms with Gasteiger partial charge in [0.2, 0.25) is 5.91 Å². The lowest BCUT2D eigenvalue weighted by Gasteiger charge is -2.29. The third-order valence-electron chi connectivity index (χ3n) is 6.57. The second kappa shape index (κ2) is 11.0. The van der Waals surface area contributed by atoms with Gasteiger partial charge in [-0.1, -0.05) is 19.9 Å². The number of nitrogens with two attached hydrogens (primary N) is 1. The zero-order chi connectivity index (χ0) is 24.9. The number of hydrogen-bond acceptors (Lipinski definition) is 6. The van der Waals surface area contributed by atoms with Crippen LogP contribution in [0.15, 0.2) is 30.7 Å². The van der Waals surface area contributed by atoms with Gasteiger partial charge in [-0.15, -0.1) is 0 Å². The number of benzene rings is 1. The van der Waals surface area contributed by atoms with Crippen molar-refractivity contribution in [2.75, 3.05) is 19.7 Å². The smallest absolute Gasteiger partial charge is 0.231 e. The van der Waals surface area contributed by atoms with E-state index in [1.165, 1.54) is 5.56 Å². The van der Waals surface area contributed by atoms with E-state index in [-0.39, 0.29) is 11.9 Å². The summed E-state index contributed by atoms with van der Waals surface area (Å²) < 4.78 is 10.2. The minimum atomic E-state index is -0.267. The van der Waals surface area contributed by atoms with Gasteiger partial charge in [-0.25, -0.2) is 14.6 Å². The molecule has 0 spiro atoms. The first kappa shape index (κ1) is 24.9. The van der Waals surface area contributed by atoms with Crippen LogP contribution < -0.4 is 10.5 Å². The summed E-state index contributed by atoms with van der Waals surface area (Å²) in [6.07, 6.45) is 7.47. The number of aromatic nitrogens is 5. The van der Waals surface area contributed by atoms with Crippen LogP contribution in [-0.4, -0.2) is 60.9 Å². The molecule has 0 radical (unpaired) electrons. The van der Waals surface area contributed by atoms with Gasteiger partial charge in [0.05, 0.1) is 18.7 Å². The van der Waals surface area contributed by atoms with E-state index in [0.29, 0.717) is 19.2 Å². The lowest BCUT2D eigenvalue weighted by atomic mass is 10.00. The summed E-state index contributed by atoms with van der Waals surface area (Å²) in [6.45, 7) is 11.0. The Labute approximate surface area is 207 Å². The van der Waals surface area contributed by atoms with Crippen molar-refractivity contribution >= 4 is 5.91 Å². The Hall–Kier alpha value is -3.20. The summed E-state index contributed by atoms with van der Waals surface area (Å²) >= 11 is 0. The molecule has 2 N–H and O–H groups in total. The summed E-state index contributed by atoms with van der Waals surface area (Å²) in [7, 11) is 0. The molecule has 3 aromatic rings. The molecule has 1 aromatic carbocycles. The molecule has 0 unspecified atom stereocenters. The normalized spacial score (nSPS) is 13.9. The van der Waals surface area contributed by atoms with Gasteiger partial charge in [-0.2, -0.15) is 5.10 Å². The minimum absolute atomic E-state index is 0.204. The highest BCUT2D eigenvalue weighted by Crippen LogP contribution is 2.35. The summed E-state index contributed by atoms with van der Waals surface area (Å²) in [5.74, 6) is 2.26. The molecule has 1 aliphatic rings. The highest BCUT2D eigenvalue weighted by atomic mass is 16.5. The molecular weight excluding hydrogens is 442 g/mol. The Bertz CT molecular complexity index is 1150. The SMILES string of the molecule is CCCN(CC(N)=O)[C@H](CC)CCc1ccc2c(c1)OCCn1cc(-c3ncnn3C(C)C)nc1-2. The Morgan fingerprint density at radius 3 is 2.80 bits per heavy atom. The second-order valence-corrected chi connectivity index (χ2v) is 9.48. The molecular formula is C26H37N7O2. The van der Waals surface area contributed by atoms with Crippen LogP contribution in [0.5, 0.6) is 5.75 Å². The molecule has 9 nitrogen and oxygen atoms in total. The van der Waals surface area contributed by atoms with Crippen molar-refractivity contribution in [1.29, 1.82) is 0 Å². The van der Waals surface area contributed by atoms with Crippen LogP contribution in [0.2, 0.25) is 0 Å². The molecule has 0 aliphatic carbocycles. The predicted octanol–water partition coefficient (Wildman–Crippen LogP) is 3.69. The molecule has 188 valence electrons. The number of ether oxygens (including phenoxy) is 1. The van der Waals surface area contributed by atoms with Crippen molar-refractivity contribution in [2.24, 2.45) is 5.73 Å². The quantitative estimate of drug-likeness (QED) is 0.450. The predicted molar refractivity (Wildman–Crippen MR) is 136 cm³/mol. The van der Waals surface area contributed by atoms with E-state index in [1.807, 2.05) is 10.9 Å². The van der Waals surface area contributed by atoms with E-state index in [4.69, 9.17) is 15.5 Å². The fraction of sp³-hybridized carbons (Fsp3) is 0.538. The van der Waals surface area contributed by atoms with E-state index in [9.17, 15) is 4.79 Å². The van der Waals surface area contributed by atoms with Crippen LogP contribution in [0.4, 0.5) is 0 Å². The highest BCUT2D eigenvalue weighted by molar-refractivity contribution is 5.76. The summed E-state index contributed by atoms with van der Waals surface area (Å²) in [4.78, 5) is 23.2. The van der Waals surface area contributed by atoms with Crippen LogP contribution in [0.25, 0.3) is 22.9 Å². The first-order valence-corrected chi connectivity index (χ1v) is 12.7. The van der Waals surface area contributed by atoms with Gasteiger partial charge < -0.3 is 15.0 Å². The van der Waals surface area contributed by atoms with Crippen molar-refractivity contribution < 1.29 is 9.53 Å². The average molecular weight is 480 g/mol. The van der Waals surface area contributed by atoms with Gasteiger partial charge in [-0.3, -0.25) is 9.69 Å². The number of carbonyl (C=O) groups is 1. The van der Waals surface area contributed by atoms with Crippen molar-refractivity contribution in [2.45, 2.75) is 72.0 Å². The number of nitrogens with zero attached hydrogens (tertiary/aromatic N) is 6. The highest BCUT2D eigenvalue weighted by Gasteiger charge is 2.23. The maximum absolute atomic E-state index is 11.5. The number of primary amides is 1. The topological polar surface area (TPSA) is 104 Å². The Morgan fingerprint density at radius 2 is 2.09 bits per heavy atom. The number of hydrogen-bond donors (Lipinski definition) is 1. The molecule has 3 heterocycles. The first-order chi connectivity index (χ1) is 16.9. The van der Waals surface area contributed by atoms with Crippen molar-refractivity contribution in [1.82, 2.24) is 29.2 Å². The Kier molecular flexibility index (Phi) is 7.85. The van der Waals surface area contributed by atoms with Gasteiger partial charge in [0.1, 0.15) is 30.2 Å². The van der Waals surface area contributed by atoms with Crippen molar-refractivity contribution in [3.8, 4) is 28.7 Å². The fourth-order valence-corrected chi connectivity index (χ4v) is 4.86. The molecule has 0 fully saturated rings. The molecule has 9 heteroatoms. The van der Waals surface area contributed by atoms with E-state index < -0.39 is 0 Å². The molecule has 1 atom stereocenters. The largest absolute Gasteiger partial charge is 0.491 e. The van der Waals surface area contributed by atoms with E-state index in [2.05, 4.69) is 65.4 Å². The van der Waals surface area contributed by atoms with E-state index in [0.717, 1.165) is 67.4 Å². The Balaban J connectivity index is 1.55. The minimum Gasteiger partial charge on any atom is -0.491 e. The van der Waals surface area contributed by atoms with Gasteiger partial charge in [0.15, 0.2) is 5.82 Å². The third kappa shape index (κ3) is 5.56. The maximum Gasteiger partial charge on any atom is 0.231 e. The first-order valence-electron chi connectivity index (χ1n) is 12.7. The lowest BCUT2D eigenvalue weighted by molar-refractivity contribution is -0.119. The van der Waals surface area contributed by atoms with E-state index >= 15 is 0 Å². The number of rotatable bonds is 11. The number of aryl methyl sites for hydroxylation is 1. The van der Waals surface area contributed by atoms with Crippen LogP contribution in [0.1, 0.15) is 58.6 Å². The molecule has 0 bridgehead atoms. The van der Waals surface area contributed by atoms with E-state index in [1.54, 1.807) is 6.33 Å². The van der Waals surface area contributed by atoms with Crippen LogP contribution in [0.3, 0.4) is 0 Å². The average Bonchev–Trinajstić information content (AvgIpc) is 3.44. The number of carbonyl (C=O) groups excluding carboxylic acids is 1. The fourth-order valence-electron chi connectivity index (χ4n) is 4.86. The van der Waals surface area contributed by atoms with Crippen molar-refractivity contribution in [3.63, 3.8) is 0 Å². The maximum atomic E-state index is 11.5. The molecule has 4 rings (SSSR count). The van der Waals surface area contributed by atoms with Crippen LogP contribution in [0, 0.1) is 0 Å². The molecule has 0 saturated carbocycles. The van der Waals surface area contributed by atoms with Gasteiger partial charge >= 0.3 is 0 Å². The van der Waals surface area contributed by atoms with Crippen LogP contribution in [-0.2, 0) is 17.8 Å². The zero-order valence-electron chi connectivity index (χ0n) is 21.3. The molecule has 1 amide bonds. The lowest BCUT2D eigenvalue weighted by Crippen LogP contribution is -2.41. The number of fused-ring (bicyclic) bond motifs is 3. The Morgan fingerprint density at radius 1 is 1.26 bits per heavy atom. The third-order valence-corrected chi connectivity index (χ3v) is 6.57. The molecule has 0 saturated heterocycles. The summed E-state index contributed by atoms with van der Waals surface area (Å²) in [5.41, 5.74) is 8.52. The standard InChI is InChI=1S/C26H37N7O2/c1-5-11-31(16-24(27)34)20(6-2)9-7-19-8-10-21-23(14-19)35-13-12-32-15-22(30-25(21)32)26-28-17-29-33(26)18(3)4/h8,10,14-15,17-18,20H,5-7,9,11-13,16H2,1-4H3,(H2,27,34)/t20-/m1/s1. The molecule has 1 aliphatic heterocycles. The van der Waals surface area contributed by atoms with Crippen molar-refractivity contribution in [3.05, 3.63) is 36.3 Å². The van der Waals surface area contributed by atoms with Gasteiger partial charge in [0.25, 0.3) is 0 Å². The molecule has 35 heavy (non-hydrogen) atoms. The second-order valence-electron chi connectivity index (χ2n) is 9.48. The zero-order valence-corrected chi connectivity index (χ0v) is 21.3. The van der Waals surface area contributed by atoms with Crippen LogP contribution >= 0.6 is 0 Å². The summed E-state index contributed by atoms with van der Waals surface area (Å²) in [5, 5.41) is 4.36. The van der Waals surface area contributed by atoms with Gasteiger partial charge in [-0.05, 0) is 63.8 Å².